The molecule has 0 aromatic rings. The van der Waals surface area contributed by atoms with Gasteiger partial charge < -0.3 is 0 Å². The summed E-state index contributed by atoms with van der Waals surface area (Å²) in [4.78, 5) is 2.29. The van der Waals surface area contributed by atoms with Crippen LogP contribution in [0.25, 0.3) is 10.4 Å². The van der Waals surface area contributed by atoms with Crippen molar-refractivity contribution in [1.82, 2.24) is 0 Å². The molecule has 0 spiro atoms. The summed E-state index contributed by atoms with van der Waals surface area (Å²) in [5.74, 6) is 0. The van der Waals surface area contributed by atoms with Crippen LogP contribution < -0.4 is 0 Å². The molecule has 0 atom stereocenters. The predicted molar refractivity (Wildman–Crippen MR) is 22.4 cm³/mol. The molecule has 0 rings (SSSR count). The molecule has 0 radical (unpaired) electrons. The minimum absolute atomic E-state index is 0.522. The minimum atomic E-state index is 0.522. The first kappa shape index (κ1) is 5.15. The smallest absolute Gasteiger partial charge is 0.140 e. The molecule has 0 aromatic carbocycles. The first-order valence-electron chi connectivity index (χ1n) is 1.01. The molecule has 0 amide bonds. The number of azide groups is 1. The van der Waals surface area contributed by atoms with Gasteiger partial charge in [-0.15, -0.1) is 0 Å². The zero-order chi connectivity index (χ0) is 4.83. The quantitative estimate of drug-likeness (QED) is 0.164. The van der Waals surface area contributed by atoms with Crippen LogP contribution in [-0.4, -0.2) is 0 Å². The van der Waals surface area contributed by atoms with Gasteiger partial charge in [0.05, 0.1) is 11.9 Å². The second-order valence-corrected chi connectivity index (χ2v) is 0.882. The molecule has 5 heteroatoms. The third-order valence-corrected chi connectivity index (χ3v) is 0.354. The van der Waals surface area contributed by atoms with Crippen LogP contribution >= 0.6 is 11.9 Å². The molecule has 0 aromatic heterocycles. The fraction of sp³-hybridized carbons (Fsp3) is 0. The van der Waals surface area contributed by atoms with E-state index in [0.29, 0.717) is 11.9 Å². The minimum Gasteiger partial charge on any atom is -0.185 e. The lowest BCUT2D eigenvalue weighted by molar-refractivity contribution is 1.56. The normalized spacial score (nSPS) is 5.17. The summed E-state index contributed by atoms with van der Waals surface area (Å²) in [6.45, 7) is 0. The number of hydrogen-bond acceptors (Lipinski definition) is 3. The zero-order valence-corrected chi connectivity index (χ0v) is 3.51. The molecule has 6 heavy (non-hydrogen) atoms. The summed E-state index contributed by atoms with van der Waals surface area (Å²) in [5.41, 5.74) is 7.48. The van der Waals surface area contributed by atoms with E-state index in [0.717, 1.165) is 0 Å². The molecule has 0 bridgehead atoms. The number of thiocyanates is 1. The Hall–Kier alpha value is -0.850. The first-order chi connectivity index (χ1) is 2.91. The Morgan fingerprint density at radius 3 is 2.83 bits per heavy atom. The van der Waals surface area contributed by atoms with E-state index in [1.807, 2.05) is 0 Å². The van der Waals surface area contributed by atoms with Crippen molar-refractivity contribution >= 4 is 11.9 Å². The molecule has 0 saturated carbocycles. The number of hydrogen-bond donors (Lipinski definition) is 0. The van der Waals surface area contributed by atoms with Gasteiger partial charge in [0.25, 0.3) is 0 Å². The maximum atomic E-state index is 7.65. The Morgan fingerprint density at radius 2 is 2.67 bits per heavy atom. The molecule has 0 saturated heterocycles. The lowest BCUT2D eigenvalue weighted by atomic mass is 11.8. The second-order valence-electron chi connectivity index (χ2n) is 0.354. The summed E-state index contributed by atoms with van der Waals surface area (Å²) in [6.07, 6.45) is 0. The van der Waals surface area contributed by atoms with Crippen molar-refractivity contribution in [2.75, 3.05) is 0 Å². The summed E-state index contributed by atoms with van der Waals surface area (Å²) in [6, 6.07) is 0. The SMILES string of the molecule is N#CSN=[N+]=[N-]. The fourth-order valence-corrected chi connectivity index (χ4v) is 0.110. The van der Waals surface area contributed by atoms with Gasteiger partial charge in [0.1, 0.15) is 5.40 Å². The highest BCUT2D eigenvalue weighted by Gasteiger charge is 1.62. The summed E-state index contributed by atoms with van der Waals surface area (Å²) in [5, 5.41) is 9.21. The maximum absolute atomic E-state index is 7.65. The Kier molecular flexibility index (Phi) is 3.56. The van der Waals surface area contributed by atoms with Crippen LogP contribution in [0.15, 0.2) is 4.52 Å². The van der Waals surface area contributed by atoms with Gasteiger partial charge in [0.15, 0.2) is 0 Å². The Morgan fingerprint density at radius 1 is 2.00 bits per heavy atom. The van der Waals surface area contributed by atoms with Gasteiger partial charge in [-0.1, -0.05) is 0 Å². The van der Waals surface area contributed by atoms with Crippen LogP contribution in [0.2, 0.25) is 0 Å². The summed E-state index contributed by atoms with van der Waals surface area (Å²) >= 11 is 0.522. The van der Waals surface area contributed by atoms with E-state index in [1.54, 1.807) is 5.40 Å². The molecule has 0 aliphatic carbocycles. The van der Waals surface area contributed by atoms with E-state index in [9.17, 15) is 0 Å². The molecule has 0 fully saturated rings. The van der Waals surface area contributed by atoms with Crippen molar-refractivity contribution in [1.29, 1.82) is 5.26 Å². The number of nitrogens with zero attached hydrogens (tertiary/aromatic N) is 4. The van der Waals surface area contributed by atoms with Crippen molar-refractivity contribution in [3.05, 3.63) is 10.4 Å². The van der Waals surface area contributed by atoms with Gasteiger partial charge in [-0.3, -0.25) is 0 Å². The second kappa shape index (κ2) is 4.15. The summed E-state index contributed by atoms with van der Waals surface area (Å²) < 4.78 is 2.83. The number of rotatable bonds is 1. The van der Waals surface area contributed by atoms with Crippen molar-refractivity contribution in [2.24, 2.45) is 4.52 Å². The van der Waals surface area contributed by atoms with Gasteiger partial charge in [0.2, 0.25) is 0 Å². The van der Waals surface area contributed by atoms with Gasteiger partial charge in [-0.05, 0) is 10.1 Å². The van der Waals surface area contributed by atoms with Crippen LogP contribution in [0.1, 0.15) is 0 Å². The highest BCUT2D eigenvalue weighted by molar-refractivity contribution is 8.02. The largest absolute Gasteiger partial charge is 0.185 e. The molecule has 0 N–H and O–H groups in total. The molecule has 4 nitrogen and oxygen atoms in total. The third-order valence-electron chi connectivity index (χ3n) is 0.118. The molecular formula is CN4S. The van der Waals surface area contributed by atoms with Crippen molar-refractivity contribution in [3.63, 3.8) is 0 Å². The molecule has 30 valence electrons. The van der Waals surface area contributed by atoms with E-state index in [2.05, 4.69) is 9.43 Å². The van der Waals surface area contributed by atoms with Crippen molar-refractivity contribution in [3.8, 4) is 5.40 Å². The first-order valence-corrected chi connectivity index (χ1v) is 1.78. The van der Waals surface area contributed by atoms with E-state index >= 15 is 0 Å². The van der Waals surface area contributed by atoms with E-state index in [1.165, 1.54) is 0 Å². The average molecular weight is 100 g/mol. The topological polar surface area (TPSA) is 72.5 Å². The van der Waals surface area contributed by atoms with Crippen LogP contribution in [0.5, 0.6) is 0 Å². The Bertz CT molecular complexity index is 105. The monoisotopic (exact) mass is 100.0 g/mol. The van der Waals surface area contributed by atoms with Crippen LogP contribution in [0, 0.1) is 10.7 Å². The average Bonchev–Trinajstić information content (AvgIpc) is 1.61. The van der Waals surface area contributed by atoms with E-state index in [-0.39, 0.29) is 0 Å². The molecule has 0 aliphatic rings. The van der Waals surface area contributed by atoms with Gasteiger partial charge in [-0.25, -0.2) is 0 Å². The van der Waals surface area contributed by atoms with Gasteiger partial charge in [0, 0.05) is 4.91 Å². The van der Waals surface area contributed by atoms with Crippen LogP contribution in [0.3, 0.4) is 0 Å². The van der Waals surface area contributed by atoms with Gasteiger partial charge in [-0.2, -0.15) is 5.26 Å². The molecule has 0 unspecified atom stereocenters. The zero-order valence-electron chi connectivity index (χ0n) is 2.70. The summed E-state index contributed by atoms with van der Waals surface area (Å²) in [7, 11) is 0. The molecule has 0 heterocycles. The van der Waals surface area contributed by atoms with Crippen molar-refractivity contribution < 1.29 is 0 Å². The highest BCUT2D eigenvalue weighted by Crippen LogP contribution is 1.94. The van der Waals surface area contributed by atoms with Crippen molar-refractivity contribution in [2.45, 2.75) is 0 Å². The fourth-order valence-electron chi connectivity index (χ4n) is 0.0365. The molecule has 0 aliphatic heterocycles. The van der Waals surface area contributed by atoms with E-state index in [4.69, 9.17) is 10.8 Å². The van der Waals surface area contributed by atoms with Gasteiger partial charge >= 0.3 is 0 Å². The Labute approximate surface area is 38.5 Å². The van der Waals surface area contributed by atoms with Crippen LogP contribution in [-0.2, 0) is 0 Å². The Balaban J connectivity index is 3.16. The predicted octanol–water partition coefficient (Wildman–Crippen LogP) is 1.43. The highest BCUT2D eigenvalue weighted by atomic mass is 32.2. The lowest BCUT2D eigenvalue weighted by Gasteiger charge is -1.54. The maximum Gasteiger partial charge on any atom is 0.140 e. The third kappa shape index (κ3) is 3.15. The molecular weight excluding hydrogens is 100 g/mol. The lowest BCUT2D eigenvalue weighted by Crippen LogP contribution is -1.28. The standard InChI is InChI=1S/CN4S/c2-1-6-5-4-3. The number of nitriles is 1. The van der Waals surface area contributed by atoms with Crippen LogP contribution in [0.4, 0.5) is 0 Å². The van der Waals surface area contributed by atoms with E-state index < -0.39 is 0 Å².